The number of aromatic nitrogens is 1. The molecule has 0 saturated heterocycles. The number of thiophene rings is 1. The second kappa shape index (κ2) is 7.21. The molecule has 2 heterocycles. The highest BCUT2D eigenvalue weighted by atomic mass is 35.5. The first-order chi connectivity index (χ1) is 16.3. The second-order valence-electron chi connectivity index (χ2n) is 8.28. The Labute approximate surface area is 200 Å². The number of benzene rings is 5. The van der Waals surface area contributed by atoms with E-state index in [4.69, 9.17) is 11.6 Å². The molecule has 0 aliphatic rings. The van der Waals surface area contributed by atoms with Gasteiger partial charge in [0.15, 0.2) is 0 Å². The molecule has 0 aliphatic heterocycles. The van der Waals surface area contributed by atoms with E-state index in [1.807, 2.05) is 17.4 Å². The topological polar surface area (TPSA) is 4.93 Å². The average Bonchev–Trinajstić information content (AvgIpc) is 3.40. The van der Waals surface area contributed by atoms with Gasteiger partial charge in [-0.15, -0.1) is 11.3 Å². The molecule has 0 fully saturated rings. The van der Waals surface area contributed by atoms with Gasteiger partial charge in [0.05, 0.1) is 16.7 Å². The highest BCUT2D eigenvalue weighted by molar-refractivity contribution is 7.26. The van der Waals surface area contributed by atoms with E-state index in [1.54, 1.807) is 0 Å². The van der Waals surface area contributed by atoms with Gasteiger partial charge in [-0.1, -0.05) is 90.5 Å². The number of hydrogen-bond donors (Lipinski definition) is 0. The minimum absolute atomic E-state index is 0.780. The van der Waals surface area contributed by atoms with Gasteiger partial charge in [0, 0.05) is 47.1 Å². The maximum absolute atomic E-state index is 6.93. The largest absolute Gasteiger partial charge is 0.309 e. The fourth-order valence-electron chi connectivity index (χ4n) is 5.08. The predicted molar refractivity (Wildman–Crippen MR) is 144 cm³/mol. The molecule has 0 unspecified atom stereocenters. The smallest absolute Gasteiger partial charge is 0.0541 e. The number of para-hydroxylation sites is 3. The number of hydrogen-bond acceptors (Lipinski definition) is 1. The molecule has 7 aromatic rings. The first kappa shape index (κ1) is 18.9. The van der Waals surface area contributed by atoms with Gasteiger partial charge in [0.1, 0.15) is 0 Å². The van der Waals surface area contributed by atoms with E-state index >= 15 is 0 Å². The molecule has 5 aromatic carbocycles. The van der Waals surface area contributed by atoms with Crippen LogP contribution < -0.4 is 0 Å². The summed E-state index contributed by atoms with van der Waals surface area (Å²) in [4.78, 5) is 0. The van der Waals surface area contributed by atoms with Crippen molar-refractivity contribution in [3.8, 4) is 16.8 Å². The molecule has 0 bridgehead atoms. The summed E-state index contributed by atoms with van der Waals surface area (Å²) >= 11 is 8.75. The molecule has 156 valence electrons. The number of rotatable bonds is 2. The SMILES string of the molecule is Clc1ccc2c(sc3ccccc32)c1-c1ccccc1-n1c2ccccc2c2ccccc21. The van der Waals surface area contributed by atoms with Crippen LogP contribution in [0.3, 0.4) is 0 Å². The standard InChI is InChI=1S/C30H18ClNS/c31-24-18-17-22-21-11-4-8-16-28(21)33-30(22)29(24)23-12-3-7-15-27(23)32-25-13-5-1-9-19(25)20-10-2-6-14-26(20)32/h1-18H. The van der Waals surface area contributed by atoms with E-state index in [2.05, 4.69) is 108 Å². The maximum Gasteiger partial charge on any atom is 0.0541 e. The third kappa shape index (κ3) is 2.72. The van der Waals surface area contributed by atoms with Gasteiger partial charge >= 0.3 is 0 Å². The maximum atomic E-state index is 6.93. The van der Waals surface area contributed by atoms with E-state index in [0.717, 1.165) is 21.8 Å². The van der Waals surface area contributed by atoms with Crippen LogP contribution in [0.4, 0.5) is 0 Å². The van der Waals surface area contributed by atoms with Gasteiger partial charge < -0.3 is 4.57 Å². The monoisotopic (exact) mass is 459 g/mol. The van der Waals surface area contributed by atoms with Gasteiger partial charge in [-0.05, 0) is 30.3 Å². The van der Waals surface area contributed by atoms with Crippen LogP contribution in [0.5, 0.6) is 0 Å². The van der Waals surface area contributed by atoms with Gasteiger partial charge in [-0.3, -0.25) is 0 Å². The Morgan fingerprint density at radius 1 is 0.545 bits per heavy atom. The predicted octanol–water partition coefficient (Wildman–Crippen LogP) is 9.47. The molecule has 3 heteroatoms. The minimum Gasteiger partial charge on any atom is -0.309 e. The van der Waals surface area contributed by atoms with Crippen LogP contribution in [-0.2, 0) is 0 Å². The summed E-state index contributed by atoms with van der Waals surface area (Å²) < 4.78 is 4.89. The van der Waals surface area contributed by atoms with Crippen LogP contribution in [0.25, 0.3) is 58.8 Å². The number of nitrogens with zero attached hydrogens (tertiary/aromatic N) is 1. The van der Waals surface area contributed by atoms with E-state index in [-0.39, 0.29) is 0 Å². The third-order valence-electron chi connectivity index (χ3n) is 6.49. The summed E-state index contributed by atoms with van der Waals surface area (Å²) in [7, 11) is 0. The molecule has 0 amide bonds. The van der Waals surface area contributed by atoms with E-state index in [0.29, 0.717) is 0 Å². The highest BCUT2D eigenvalue weighted by Crippen LogP contribution is 2.45. The fourth-order valence-corrected chi connectivity index (χ4v) is 6.66. The molecule has 0 radical (unpaired) electrons. The molecule has 0 N–H and O–H groups in total. The lowest BCUT2D eigenvalue weighted by Crippen LogP contribution is -1.97. The molecular formula is C30H18ClNS. The summed E-state index contributed by atoms with van der Waals surface area (Å²) in [5.41, 5.74) is 5.79. The lowest BCUT2D eigenvalue weighted by Gasteiger charge is -2.15. The van der Waals surface area contributed by atoms with Crippen molar-refractivity contribution < 1.29 is 0 Å². The fraction of sp³-hybridized carbons (Fsp3) is 0. The Hall–Kier alpha value is -3.59. The Morgan fingerprint density at radius 2 is 1.15 bits per heavy atom. The molecule has 7 rings (SSSR count). The molecule has 0 spiro atoms. The zero-order valence-corrected chi connectivity index (χ0v) is 19.2. The summed E-state index contributed by atoms with van der Waals surface area (Å²) in [5, 5.41) is 5.84. The molecule has 0 atom stereocenters. The van der Waals surface area contributed by atoms with Crippen molar-refractivity contribution in [2.75, 3.05) is 0 Å². The van der Waals surface area contributed by atoms with Gasteiger partial charge in [-0.2, -0.15) is 0 Å². The van der Waals surface area contributed by atoms with Gasteiger partial charge in [0.2, 0.25) is 0 Å². The van der Waals surface area contributed by atoms with Crippen molar-refractivity contribution >= 4 is 64.9 Å². The Kier molecular flexibility index (Phi) is 4.14. The van der Waals surface area contributed by atoms with Crippen LogP contribution >= 0.6 is 22.9 Å². The molecule has 0 aliphatic carbocycles. The number of halogens is 1. The molecule has 1 nitrogen and oxygen atoms in total. The minimum atomic E-state index is 0.780. The molecule has 2 aromatic heterocycles. The van der Waals surface area contributed by atoms with Crippen LogP contribution in [0.2, 0.25) is 5.02 Å². The van der Waals surface area contributed by atoms with Crippen LogP contribution in [0.1, 0.15) is 0 Å². The van der Waals surface area contributed by atoms with Crippen molar-refractivity contribution in [3.63, 3.8) is 0 Å². The highest BCUT2D eigenvalue weighted by Gasteiger charge is 2.19. The van der Waals surface area contributed by atoms with E-state index in [9.17, 15) is 0 Å². The second-order valence-corrected chi connectivity index (χ2v) is 9.74. The first-order valence-electron chi connectivity index (χ1n) is 11.0. The van der Waals surface area contributed by atoms with E-state index < -0.39 is 0 Å². The molecule has 33 heavy (non-hydrogen) atoms. The average molecular weight is 460 g/mol. The normalized spacial score (nSPS) is 11.8. The third-order valence-corrected chi connectivity index (χ3v) is 8.01. The lowest BCUT2D eigenvalue weighted by atomic mass is 10.0. The van der Waals surface area contributed by atoms with Crippen LogP contribution in [0, 0.1) is 0 Å². The summed E-state index contributed by atoms with van der Waals surface area (Å²) in [6.07, 6.45) is 0. The van der Waals surface area contributed by atoms with Crippen LogP contribution in [-0.4, -0.2) is 4.57 Å². The zero-order chi connectivity index (χ0) is 21.9. The Balaban J connectivity index is 1.62. The van der Waals surface area contributed by atoms with Crippen molar-refractivity contribution in [2.24, 2.45) is 0 Å². The molecule has 0 saturated carbocycles. The Morgan fingerprint density at radius 3 is 1.91 bits per heavy atom. The van der Waals surface area contributed by atoms with Crippen molar-refractivity contribution in [2.45, 2.75) is 0 Å². The zero-order valence-electron chi connectivity index (χ0n) is 17.6. The van der Waals surface area contributed by atoms with Gasteiger partial charge in [0.25, 0.3) is 0 Å². The lowest BCUT2D eigenvalue weighted by molar-refractivity contribution is 1.18. The van der Waals surface area contributed by atoms with Crippen molar-refractivity contribution in [1.29, 1.82) is 0 Å². The summed E-state index contributed by atoms with van der Waals surface area (Å²) in [6.45, 7) is 0. The first-order valence-corrected chi connectivity index (χ1v) is 12.2. The molecular weight excluding hydrogens is 442 g/mol. The van der Waals surface area contributed by atoms with Crippen molar-refractivity contribution in [3.05, 3.63) is 114 Å². The van der Waals surface area contributed by atoms with Crippen molar-refractivity contribution in [1.82, 2.24) is 4.57 Å². The number of fused-ring (bicyclic) bond motifs is 6. The Bertz CT molecular complexity index is 1790. The summed E-state index contributed by atoms with van der Waals surface area (Å²) in [5.74, 6) is 0. The van der Waals surface area contributed by atoms with E-state index in [1.165, 1.54) is 42.0 Å². The van der Waals surface area contributed by atoms with Gasteiger partial charge in [-0.25, -0.2) is 0 Å². The quantitative estimate of drug-likeness (QED) is 0.242. The van der Waals surface area contributed by atoms with Crippen LogP contribution in [0.15, 0.2) is 109 Å². The summed E-state index contributed by atoms with van der Waals surface area (Å²) in [6, 6.07) is 38.7.